The van der Waals surface area contributed by atoms with Crippen LogP contribution in [0.2, 0.25) is 0 Å². The summed E-state index contributed by atoms with van der Waals surface area (Å²) in [5.74, 6) is 0.296. The van der Waals surface area contributed by atoms with E-state index >= 15 is 0 Å². The summed E-state index contributed by atoms with van der Waals surface area (Å²) in [4.78, 5) is 21.7. The van der Waals surface area contributed by atoms with E-state index in [1.54, 1.807) is 6.66 Å². The molecule has 1 aliphatic heterocycles. The number of aromatic nitrogens is 3. The van der Waals surface area contributed by atoms with E-state index in [0.717, 1.165) is 12.0 Å². The first-order valence-electron chi connectivity index (χ1n) is 7.06. The number of nitrogens with zero attached hydrogens (tertiary/aromatic N) is 2. The molecule has 0 aromatic carbocycles. The number of nitrogens with one attached hydrogen (secondary N) is 2. The Kier molecular flexibility index (Phi) is 4.42. The van der Waals surface area contributed by atoms with Crippen molar-refractivity contribution in [2.75, 3.05) is 13.0 Å². The monoisotopic (exact) mass is 341 g/mol. The van der Waals surface area contributed by atoms with E-state index in [1.165, 1.54) is 6.33 Å². The summed E-state index contributed by atoms with van der Waals surface area (Å²) in [7, 11) is 1.38. The largest absolute Gasteiger partial charge is 0.363 e. The first kappa shape index (κ1) is 15.8. The van der Waals surface area contributed by atoms with Crippen LogP contribution in [-0.2, 0) is 9.30 Å². The first-order valence-corrected chi connectivity index (χ1v) is 9.47. The number of fused-ring (bicyclic) bond motifs is 1. The summed E-state index contributed by atoms with van der Waals surface area (Å²) in [6.07, 6.45) is 4.29. The van der Waals surface area contributed by atoms with Crippen LogP contribution in [0.15, 0.2) is 17.3 Å². The highest BCUT2D eigenvalue weighted by Gasteiger charge is 2.40. The normalized spacial score (nSPS) is 26.7. The maximum absolute atomic E-state index is 11.8. The van der Waals surface area contributed by atoms with Gasteiger partial charge in [-0.25, -0.2) is 4.98 Å². The summed E-state index contributed by atoms with van der Waals surface area (Å²) in [5, 5.41) is 0. The minimum absolute atomic E-state index is 0.0859. The number of rotatable bonds is 4. The molecule has 22 heavy (non-hydrogen) atoms. The Balaban J connectivity index is 1.90. The molecule has 2 aromatic heterocycles. The molecule has 3 rings (SSSR count). The first-order chi connectivity index (χ1) is 10.5. The summed E-state index contributed by atoms with van der Waals surface area (Å²) < 4.78 is 19.1. The highest BCUT2D eigenvalue weighted by Crippen LogP contribution is 2.44. The molecule has 2 N–H and O–H groups in total. The Morgan fingerprint density at radius 2 is 2.32 bits per heavy atom. The maximum Gasteiger partial charge on any atom is 0.363 e. The van der Waals surface area contributed by atoms with Gasteiger partial charge < -0.3 is 14.7 Å². The van der Waals surface area contributed by atoms with Gasteiger partial charge in [0.2, 0.25) is 6.35 Å². The van der Waals surface area contributed by atoms with Crippen LogP contribution in [-0.4, -0.2) is 38.9 Å². The maximum atomic E-state index is 11.8. The topological polar surface area (TPSA) is 91.1 Å². The van der Waals surface area contributed by atoms with Crippen LogP contribution < -0.4 is 5.56 Å². The number of hydrogen-bond donors (Lipinski definition) is 2. The third-order valence-electron chi connectivity index (χ3n) is 4.02. The second kappa shape index (κ2) is 6.17. The van der Waals surface area contributed by atoms with Gasteiger partial charge in [0.1, 0.15) is 23.9 Å². The third kappa shape index (κ3) is 2.74. The van der Waals surface area contributed by atoms with E-state index in [-0.39, 0.29) is 24.2 Å². The molecule has 9 heteroatoms. The van der Waals surface area contributed by atoms with Crippen LogP contribution in [0.4, 0.5) is 0 Å². The average molecular weight is 341 g/mol. The molecule has 1 saturated heterocycles. The van der Waals surface area contributed by atoms with Crippen molar-refractivity contribution in [1.82, 2.24) is 19.6 Å². The zero-order valence-electron chi connectivity index (χ0n) is 12.4. The molecule has 0 amide bonds. The van der Waals surface area contributed by atoms with Crippen LogP contribution in [0.5, 0.6) is 0 Å². The molecule has 1 fully saturated rings. The minimum atomic E-state index is -1.32. The molecular weight excluding hydrogens is 322 g/mol. The van der Waals surface area contributed by atoms with Gasteiger partial charge in [-0.15, -0.1) is 0 Å². The fourth-order valence-electron chi connectivity index (χ4n) is 3.01. The molecule has 0 saturated carbocycles. The van der Waals surface area contributed by atoms with Crippen LogP contribution in [0.25, 0.3) is 11.0 Å². The van der Waals surface area contributed by atoms with Crippen molar-refractivity contribution in [3.05, 3.63) is 28.4 Å². The molecule has 0 spiro atoms. The van der Waals surface area contributed by atoms with Gasteiger partial charge >= 0.3 is 7.80 Å². The van der Waals surface area contributed by atoms with Crippen molar-refractivity contribution in [3.8, 4) is 0 Å². The van der Waals surface area contributed by atoms with E-state index in [4.69, 9.17) is 4.74 Å². The third-order valence-corrected chi connectivity index (χ3v) is 5.19. The SMILES string of the molecule is C[C@H]1C[C@H](c2c[nH]c3c(=O)[nH]cnc23)N(P)[C@@H]1OC[P+](C)=O. The van der Waals surface area contributed by atoms with Crippen molar-refractivity contribution in [2.45, 2.75) is 25.6 Å². The van der Waals surface area contributed by atoms with E-state index < -0.39 is 7.80 Å². The molecule has 3 heterocycles. The lowest BCUT2D eigenvalue weighted by Gasteiger charge is -2.24. The highest BCUT2D eigenvalue weighted by atomic mass is 31.1. The van der Waals surface area contributed by atoms with Crippen LogP contribution in [0, 0.1) is 5.92 Å². The second-order valence-corrected chi connectivity index (χ2v) is 7.80. The molecule has 118 valence electrons. The molecule has 0 bridgehead atoms. The van der Waals surface area contributed by atoms with Gasteiger partial charge in [0.05, 0.1) is 6.33 Å². The quantitative estimate of drug-likeness (QED) is 0.832. The Morgan fingerprint density at radius 1 is 1.55 bits per heavy atom. The molecule has 7 nitrogen and oxygen atoms in total. The molecule has 2 aromatic rings. The highest BCUT2D eigenvalue weighted by molar-refractivity contribution is 7.43. The smallest absolute Gasteiger partial charge is 0.355 e. The minimum Gasteiger partial charge on any atom is -0.355 e. The van der Waals surface area contributed by atoms with Gasteiger partial charge in [-0.05, 0) is 12.3 Å². The fraction of sp³-hybridized carbons (Fsp3) is 0.538. The van der Waals surface area contributed by atoms with Crippen LogP contribution in [0.3, 0.4) is 0 Å². The molecule has 0 aliphatic carbocycles. The molecule has 2 unspecified atom stereocenters. The predicted octanol–water partition coefficient (Wildman–Crippen LogP) is 2.18. The Bertz CT molecular complexity index is 759. The van der Waals surface area contributed by atoms with Gasteiger partial charge in [-0.1, -0.05) is 20.9 Å². The van der Waals surface area contributed by atoms with E-state index in [1.807, 2.05) is 6.20 Å². The summed E-state index contributed by atoms with van der Waals surface area (Å²) in [6.45, 7) is 3.77. The molecule has 0 radical (unpaired) electrons. The lowest BCUT2D eigenvalue weighted by molar-refractivity contribution is -0.000535. The van der Waals surface area contributed by atoms with Crippen LogP contribution >= 0.6 is 17.2 Å². The van der Waals surface area contributed by atoms with Crippen molar-refractivity contribution < 1.29 is 9.30 Å². The molecule has 5 atom stereocenters. The van der Waals surface area contributed by atoms with Crippen molar-refractivity contribution in [1.29, 1.82) is 0 Å². The van der Waals surface area contributed by atoms with Gasteiger partial charge in [-0.3, -0.25) is 9.46 Å². The summed E-state index contributed by atoms with van der Waals surface area (Å²) in [6, 6.07) is 0.0859. The van der Waals surface area contributed by atoms with Gasteiger partial charge in [-0.2, -0.15) is 0 Å². The standard InChI is InChI=1S/C13H18N4O3P2/c1-7-3-9(17(21)13(7)20-6-22(2)19)8-4-14-11-10(8)15-5-16-12(11)18/h4-5,7,9,13H,3,6,21H2,1-2H3,(H-,14,15,16,18)/p+1/t7-,9+,13+/m0/s1. The van der Waals surface area contributed by atoms with E-state index in [0.29, 0.717) is 17.0 Å². The lowest BCUT2D eigenvalue weighted by Crippen LogP contribution is -2.28. The Labute approximate surface area is 130 Å². The predicted molar refractivity (Wildman–Crippen MR) is 88.1 cm³/mol. The van der Waals surface area contributed by atoms with Gasteiger partial charge in [0.25, 0.3) is 5.56 Å². The molecular formula is C13H19N4O3P2+. The van der Waals surface area contributed by atoms with Gasteiger partial charge in [0, 0.05) is 17.8 Å². The van der Waals surface area contributed by atoms with Gasteiger partial charge in [0.15, 0.2) is 0 Å². The number of H-pyrrole nitrogens is 2. The number of ether oxygens (including phenoxy) is 1. The summed E-state index contributed by atoms with van der Waals surface area (Å²) in [5.41, 5.74) is 1.99. The fourth-order valence-corrected chi connectivity index (χ4v) is 4.03. The Hall–Kier alpha value is -1.13. The van der Waals surface area contributed by atoms with Crippen molar-refractivity contribution in [2.24, 2.45) is 5.92 Å². The average Bonchev–Trinajstić information content (AvgIpc) is 3.00. The van der Waals surface area contributed by atoms with Crippen molar-refractivity contribution >= 4 is 28.2 Å². The number of hydrogen-bond acceptors (Lipinski definition) is 5. The molecule has 1 aliphatic rings. The Morgan fingerprint density at radius 3 is 3.05 bits per heavy atom. The lowest BCUT2D eigenvalue weighted by atomic mass is 10.0. The zero-order chi connectivity index (χ0) is 15.9. The zero-order valence-corrected chi connectivity index (χ0v) is 14.5. The van der Waals surface area contributed by atoms with Crippen LogP contribution in [0.1, 0.15) is 24.9 Å². The second-order valence-electron chi connectivity index (χ2n) is 5.69. The van der Waals surface area contributed by atoms with E-state index in [2.05, 4.69) is 35.9 Å². The van der Waals surface area contributed by atoms with Crippen molar-refractivity contribution in [3.63, 3.8) is 0 Å². The summed E-state index contributed by atoms with van der Waals surface area (Å²) >= 11 is 0. The number of aromatic amines is 2. The van der Waals surface area contributed by atoms with E-state index in [9.17, 15) is 9.36 Å².